The summed E-state index contributed by atoms with van der Waals surface area (Å²) in [5.41, 5.74) is 13.5. The molecule has 0 heteroatoms. The lowest BCUT2D eigenvalue weighted by atomic mass is 9.80. The topological polar surface area (TPSA) is 0 Å². The van der Waals surface area contributed by atoms with Crippen LogP contribution < -0.4 is 0 Å². The van der Waals surface area contributed by atoms with E-state index in [1.54, 1.807) is 0 Å². The van der Waals surface area contributed by atoms with Gasteiger partial charge in [-0.1, -0.05) is 103 Å². The first-order chi connectivity index (χ1) is 18.6. The summed E-state index contributed by atoms with van der Waals surface area (Å²) >= 11 is 0. The maximum absolute atomic E-state index is 2.42. The van der Waals surface area contributed by atoms with Gasteiger partial charge in [0, 0.05) is 0 Å². The lowest BCUT2D eigenvalue weighted by Gasteiger charge is -2.24. The summed E-state index contributed by atoms with van der Waals surface area (Å²) < 4.78 is 0. The van der Waals surface area contributed by atoms with Gasteiger partial charge in [-0.15, -0.1) is 0 Å². The Bertz CT molecular complexity index is 1880. The fraction of sp³-hybridized carbons (Fsp3) is 0.105. The molecule has 6 aromatic carbocycles. The molecule has 0 unspecified atom stereocenters. The summed E-state index contributed by atoms with van der Waals surface area (Å²) in [4.78, 5) is 0. The SMILES string of the molecule is CC1=C(c2ccccc2C)c2cc(-c3ccc4ccc(-c5ccc6ccccc6c5)cc4c3)ccc2CC1. The molecule has 0 radical (unpaired) electrons. The van der Waals surface area contributed by atoms with E-state index in [9.17, 15) is 0 Å². The fourth-order valence-electron chi connectivity index (χ4n) is 6.09. The normalized spacial score (nSPS) is 13.2. The third-order valence-electron chi connectivity index (χ3n) is 8.25. The van der Waals surface area contributed by atoms with Crippen LogP contribution in [0.1, 0.15) is 35.6 Å². The number of benzene rings is 6. The van der Waals surface area contributed by atoms with Gasteiger partial charge < -0.3 is 0 Å². The van der Waals surface area contributed by atoms with E-state index in [0.29, 0.717) is 0 Å². The Hall–Kier alpha value is -4.42. The van der Waals surface area contributed by atoms with Crippen molar-refractivity contribution in [3.05, 3.63) is 149 Å². The summed E-state index contributed by atoms with van der Waals surface area (Å²) in [6.45, 7) is 4.53. The van der Waals surface area contributed by atoms with E-state index in [1.165, 1.54) is 77.2 Å². The minimum Gasteiger partial charge on any atom is -0.0645 e. The molecule has 0 saturated carbocycles. The van der Waals surface area contributed by atoms with Crippen LogP contribution in [0.5, 0.6) is 0 Å². The standard InChI is InChI=1S/C38H30/c1-25-7-3-6-10-36(25)38-26(2)11-12-29-16-20-34(24-37(29)38)33-19-15-28-14-18-32(22-35(28)23-33)31-17-13-27-8-4-5-9-30(27)21-31/h3-10,13-24H,11-12H2,1-2H3. The monoisotopic (exact) mass is 486 g/mol. The molecule has 1 aliphatic carbocycles. The minimum atomic E-state index is 1.11. The summed E-state index contributed by atoms with van der Waals surface area (Å²) in [7, 11) is 0. The van der Waals surface area contributed by atoms with Crippen LogP contribution in [0.2, 0.25) is 0 Å². The predicted octanol–water partition coefficient (Wildman–Crippen LogP) is 10.4. The van der Waals surface area contributed by atoms with Crippen molar-refractivity contribution in [2.75, 3.05) is 0 Å². The first-order valence-corrected chi connectivity index (χ1v) is 13.6. The summed E-state index contributed by atoms with van der Waals surface area (Å²) in [5.74, 6) is 0. The summed E-state index contributed by atoms with van der Waals surface area (Å²) in [6, 6.07) is 44.9. The average molecular weight is 487 g/mol. The molecule has 0 spiro atoms. The molecule has 0 aliphatic heterocycles. The zero-order valence-corrected chi connectivity index (χ0v) is 22.0. The molecule has 0 N–H and O–H groups in total. The van der Waals surface area contributed by atoms with Gasteiger partial charge in [0.15, 0.2) is 0 Å². The van der Waals surface area contributed by atoms with E-state index in [2.05, 4.69) is 135 Å². The highest BCUT2D eigenvalue weighted by Gasteiger charge is 2.20. The van der Waals surface area contributed by atoms with Gasteiger partial charge in [0.2, 0.25) is 0 Å². The van der Waals surface area contributed by atoms with Crippen molar-refractivity contribution in [3.8, 4) is 22.3 Å². The molecular weight excluding hydrogens is 456 g/mol. The Balaban J connectivity index is 1.32. The molecule has 0 amide bonds. The van der Waals surface area contributed by atoms with Crippen LogP contribution in [0.15, 0.2) is 127 Å². The third kappa shape index (κ3) is 3.94. The van der Waals surface area contributed by atoms with Crippen LogP contribution in [0.3, 0.4) is 0 Å². The smallest absolute Gasteiger partial charge is 0.0116 e. The van der Waals surface area contributed by atoms with Crippen LogP contribution in [0, 0.1) is 6.92 Å². The first kappa shape index (κ1) is 22.8. The Labute approximate surface area is 224 Å². The van der Waals surface area contributed by atoms with E-state index in [1.807, 2.05) is 0 Å². The van der Waals surface area contributed by atoms with E-state index in [4.69, 9.17) is 0 Å². The van der Waals surface area contributed by atoms with Gasteiger partial charge in [0.05, 0.1) is 0 Å². The highest BCUT2D eigenvalue weighted by atomic mass is 14.2. The second-order valence-electron chi connectivity index (χ2n) is 10.7. The second-order valence-corrected chi connectivity index (χ2v) is 10.7. The molecule has 182 valence electrons. The number of aryl methyl sites for hydroxylation is 2. The van der Waals surface area contributed by atoms with Crippen LogP contribution in [0.4, 0.5) is 0 Å². The maximum atomic E-state index is 2.42. The van der Waals surface area contributed by atoms with Crippen LogP contribution in [-0.4, -0.2) is 0 Å². The van der Waals surface area contributed by atoms with Crippen molar-refractivity contribution in [1.29, 1.82) is 0 Å². The van der Waals surface area contributed by atoms with Crippen molar-refractivity contribution in [2.45, 2.75) is 26.7 Å². The van der Waals surface area contributed by atoms with Gasteiger partial charge in [0.25, 0.3) is 0 Å². The van der Waals surface area contributed by atoms with E-state index < -0.39 is 0 Å². The van der Waals surface area contributed by atoms with Crippen LogP contribution >= 0.6 is 0 Å². The number of hydrogen-bond donors (Lipinski definition) is 0. The van der Waals surface area contributed by atoms with Gasteiger partial charge in [-0.25, -0.2) is 0 Å². The van der Waals surface area contributed by atoms with Gasteiger partial charge >= 0.3 is 0 Å². The molecule has 0 nitrogen and oxygen atoms in total. The Morgan fingerprint density at radius 2 is 0.974 bits per heavy atom. The van der Waals surface area contributed by atoms with E-state index in [0.717, 1.165) is 12.8 Å². The van der Waals surface area contributed by atoms with Crippen molar-refractivity contribution in [1.82, 2.24) is 0 Å². The minimum absolute atomic E-state index is 1.11. The molecule has 1 aliphatic rings. The molecule has 0 aromatic heterocycles. The maximum Gasteiger partial charge on any atom is -0.0116 e. The van der Waals surface area contributed by atoms with Gasteiger partial charge in [-0.05, 0) is 123 Å². The molecule has 0 atom stereocenters. The van der Waals surface area contributed by atoms with Crippen molar-refractivity contribution >= 4 is 27.1 Å². The van der Waals surface area contributed by atoms with E-state index >= 15 is 0 Å². The molecule has 0 bridgehead atoms. The number of rotatable bonds is 3. The second kappa shape index (κ2) is 9.15. The number of allylic oxidation sites excluding steroid dienone is 1. The summed E-state index contributed by atoms with van der Waals surface area (Å²) in [6.07, 6.45) is 2.24. The predicted molar refractivity (Wildman–Crippen MR) is 164 cm³/mol. The van der Waals surface area contributed by atoms with Crippen LogP contribution in [-0.2, 0) is 6.42 Å². The molecule has 38 heavy (non-hydrogen) atoms. The summed E-state index contributed by atoms with van der Waals surface area (Å²) in [5, 5.41) is 5.10. The zero-order chi connectivity index (χ0) is 25.6. The molecule has 0 heterocycles. The van der Waals surface area contributed by atoms with Crippen molar-refractivity contribution in [2.24, 2.45) is 0 Å². The lowest BCUT2D eigenvalue weighted by Crippen LogP contribution is -2.06. The van der Waals surface area contributed by atoms with Crippen molar-refractivity contribution < 1.29 is 0 Å². The third-order valence-corrected chi connectivity index (χ3v) is 8.25. The number of fused-ring (bicyclic) bond motifs is 3. The van der Waals surface area contributed by atoms with Gasteiger partial charge in [-0.3, -0.25) is 0 Å². The van der Waals surface area contributed by atoms with Crippen LogP contribution in [0.25, 0.3) is 49.4 Å². The fourth-order valence-corrected chi connectivity index (χ4v) is 6.09. The van der Waals surface area contributed by atoms with E-state index in [-0.39, 0.29) is 0 Å². The number of hydrogen-bond acceptors (Lipinski definition) is 0. The molecule has 6 aromatic rings. The van der Waals surface area contributed by atoms with Crippen molar-refractivity contribution in [3.63, 3.8) is 0 Å². The molecule has 0 fully saturated rings. The Morgan fingerprint density at radius 1 is 0.421 bits per heavy atom. The first-order valence-electron chi connectivity index (χ1n) is 13.6. The van der Waals surface area contributed by atoms with Gasteiger partial charge in [0.1, 0.15) is 0 Å². The molecule has 7 rings (SSSR count). The Kier molecular flexibility index (Phi) is 5.48. The average Bonchev–Trinajstić information content (AvgIpc) is 2.96. The quantitative estimate of drug-likeness (QED) is 0.233. The largest absolute Gasteiger partial charge is 0.0645 e. The van der Waals surface area contributed by atoms with Gasteiger partial charge in [-0.2, -0.15) is 0 Å². The molecular formula is C38H30. The zero-order valence-electron chi connectivity index (χ0n) is 22.0. The lowest BCUT2D eigenvalue weighted by molar-refractivity contribution is 0.918. The Morgan fingerprint density at radius 3 is 1.68 bits per heavy atom. The highest BCUT2D eigenvalue weighted by Crippen LogP contribution is 2.39. The molecule has 0 saturated heterocycles. The highest BCUT2D eigenvalue weighted by molar-refractivity contribution is 5.94.